The van der Waals surface area contributed by atoms with Crippen molar-refractivity contribution in [3.8, 4) is 66.8 Å². The Morgan fingerprint density at radius 1 is 0.111 bits per heavy atom. The summed E-state index contributed by atoms with van der Waals surface area (Å²) in [7, 11) is 0. The minimum atomic E-state index is -0.110. The zero-order valence-corrected chi connectivity index (χ0v) is 45.1. The van der Waals surface area contributed by atoms with Gasteiger partial charge in [0.05, 0.1) is 0 Å². The standard InChI is InChI=1S/C81H60/c1-7-19-58(20-8-1)64-31-43-70(44-32-64)79(71-45-33-65(34-46-71)59-21-9-2-10-22-59)76-55-77(80(72-47-35-66(36-48-72)60-23-11-3-12-24-60)73-49-37-67(38-50-73)61-25-13-4-14-26-61)57-78(56-76)81(74-51-39-68(40-52-74)62-27-15-5-16-28-62)75-53-41-69(42-54-75)63-29-17-6-18-30-63/h1-57,79-81H. The van der Waals surface area contributed by atoms with Crippen LogP contribution in [0.3, 0.4) is 0 Å². The van der Waals surface area contributed by atoms with Gasteiger partial charge in [-0.25, -0.2) is 0 Å². The van der Waals surface area contributed by atoms with Gasteiger partial charge < -0.3 is 0 Å². The molecule has 0 bridgehead atoms. The van der Waals surface area contributed by atoms with Crippen LogP contribution in [0.4, 0.5) is 0 Å². The first kappa shape index (κ1) is 50.4. The van der Waals surface area contributed by atoms with Crippen molar-refractivity contribution in [2.24, 2.45) is 0 Å². The fraction of sp³-hybridized carbons (Fsp3) is 0.0370. The van der Waals surface area contributed by atoms with Gasteiger partial charge in [-0.05, 0) is 117 Å². The Hall–Kier alpha value is -10.1. The first-order valence-electron chi connectivity index (χ1n) is 28.2. The molecule has 13 aromatic carbocycles. The molecular weight excluding hydrogens is 973 g/mol. The molecule has 0 heterocycles. The van der Waals surface area contributed by atoms with Crippen LogP contribution in [0.15, 0.2) is 346 Å². The maximum atomic E-state index is 2.53. The van der Waals surface area contributed by atoms with Crippen molar-refractivity contribution < 1.29 is 0 Å². The van der Waals surface area contributed by atoms with E-state index in [1.54, 1.807) is 0 Å². The minimum absolute atomic E-state index is 0.110. The Labute approximate surface area is 477 Å². The molecule has 0 atom stereocenters. The van der Waals surface area contributed by atoms with Gasteiger partial charge in [-0.15, -0.1) is 0 Å². The second kappa shape index (κ2) is 23.4. The van der Waals surface area contributed by atoms with Gasteiger partial charge in [0, 0.05) is 17.8 Å². The van der Waals surface area contributed by atoms with Crippen LogP contribution < -0.4 is 0 Å². The Morgan fingerprint density at radius 2 is 0.235 bits per heavy atom. The smallest absolute Gasteiger partial charge is 0.0340 e. The summed E-state index contributed by atoms with van der Waals surface area (Å²) in [4.78, 5) is 0. The van der Waals surface area contributed by atoms with Crippen LogP contribution in [0.1, 0.15) is 67.8 Å². The summed E-state index contributed by atoms with van der Waals surface area (Å²) in [5.74, 6) is -0.329. The molecule has 13 rings (SSSR count). The van der Waals surface area contributed by atoms with Crippen molar-refractivity contribution in [3.63, 3.8) is 0 Å². The van der Waals surface area contributed by atoms with Gasteiger partial charge in [0.1, 0.15) is 0 Å². The van der Waals surface area contributed by atoms with E-state index >= 15 is 0 Å². The molecule has 0 unspecified atom stereocenters. The predicted molar refractivity (Wildman–Crippen MR) is 341 cm³/mol. The van der Waals surface area contributed by atoms with E-state index in [1.165, 1.54) is 117 Å². The highest BCUT2D eigenvalue weighted by molar-refractivity contribution is 5.71. The van der Waals surface area contributed by atoms with E-state index < -0.39 is 0 Å². The Kier molecular flexibility index (Phi) is 14.6. The lowest BCUT2D eigenvalue weighted by Crippen LogP contribution is -2.11. The fourth-order valence-corrected chi connectivity index (χ4v) is 11.9. The van der Waals surface area contributed by atoms with E-state index in [2.05, 4.69) is 346 Å². The Balaban J connectivity index is 1.05. The molecule has 0 fully saturated rings. The maximum absolute atomic E-state index is 2.53. The first-order valence-corrected chi connectivity index (χ1v) is 28.2. The van der Waals surface area contributed by atoms with Crippen LogP contribution in [0.2, 0.25) is 0 Å². The van der Waals surface area contributed by atoms with Crippen LogP contribution in [0.5, 0.6) is 0 Å². The lowest BCUT2D eigenvalue weighted by molar-refractivity contribution is 0.907. The van der Waals surface area contributed by atoms with E-state index in [-0.39, 0.29) is 17.8 Å². The highest BCUT2D eigenvalue weighted by Crippen LogP contribution is 2.44. The normalized spacial score (nSPS) is 11.3. The topological polar surface area (TPSA) is 0 Å². The second-order valence-electron chi connectivity index (χ2n) is 21.2. The van der Waals surface area contributed by atoms with E-state index in [9.17, 15) is 0 Å². The average molecular weight is 1030 g/mol. The van der Waals surface area contributed by atoms with Crippen molar-refractivity contribution in [3.05, 3.63) is 396 Å². The molecule has 81 heavy (non-hydrogen) atoms. The second-order valence-corrected chi connectivity index (χ2v) is 21.2. The van der Waals surface area contributed by atoms with E-state index in [4.69, 9.17) is 0 Å². The van der Waals surface area contributed by atoms with E-state index in [0.717, 1.165) is 0 Å². The molecule has 0 heteroatoms. The predicted octanol–water partition coefficient (Wildman–Crippen LogP) is 21.2. The van der Waals surface area contributed by atoms with Crippen molar-refractivity contribution in [2.75, 3.05) is 0 Å². The van der Waals surface area contributed by atoms with Crippen molar-refractivity contribution >= 4 is 0 Å². The molecule has 384 valence electrons. The molecular formula is C81H60. The van der Waals surface area contributed by atoms with E-state index in [1.807, 2.05) is 0 Å². The molecule has 13 aromatic rings. The molecule has 0 amide bonds. The molecule has 0 saturated heterocycles. The van der Waals surface area contributed by atoms with Gasteiger partial charge in [0.15, 0.2) is 0 Å². The molecule has 0 N–H and O–H groups in total. The molecule has 0 radical (unpaired) electrons. The monoisotopic (exact) mass is 1030 g/mol. The average Bonchev–Trinajstić information content (AvgIpc) is 3.57. The van der Waals surface area contributed by atoms with Crippen molar-refractivity contribution in [1.29, 1.82) is 0 Å². The van der Waals surface area contributed by atoms with Crippen LogP contribution in [0, 0.1) is 0 Å². The quantitative estimate of drug-likeness (QED) is 0.0898. The highest BCUT2D eigenvalue weighted by Gasteiger charge is 2.27. The molecule has 0 saturated carbocycles. The summed E-state index contributed by atoms with van der Waals surface area (Å²) in [5.41, 5.74) is 25.5. The third-order valence-electron chi connectivity index (χ3n) is 16.1. The van der Waals surface area contributed by atoms with Crippen molar-refractivity contribution in [1.82, 2.24) is 0 Å². The highest BCUT2D eigenvalue weighted by atomic mass is 14.3. The van der Waals surface area contributed by atoms with E-state index in [0.29, 0.717) is 0 Å². The SMILES string of the molecule is c1ccc(-c2ccc(C(c3ccc(-c4ccccc4)cc3)c3cc(C(c4ccc(-c5ccccc5)cc4)c4ccc(-c5ccccc5)cc4)cc(C(c4ccc(-c5ccccc5)cc4)c4ccc(-c5ccccc5)cc4)c3)cc2)cc1. The summed E-state index contributed by atoms with van der Waals surface area (Å²) < 4.78 is 0. The number of hydrogen-bond donors (Lipinski definition) is 0. The summed E-state index contributed by atoms with van der Waals surface area (Å²) in [6, 6.07) is 128. The molecule has 0 nitrogen and oxygen atoms in total. The van der Waals surface area contributed by atoms with Gasteiger partial charge in [-0.3, -0.25) is 0 Å². The van der Waals surface area contributed by atoms with Gasteiger partial charge >= 0.3 is 0 Å². The van der Waals surface area contributed by atoms with Gasteiger partial charge in [0.2, 0.25) is 0 Å². The van der Waals surface area contributed by atoms with Crippen LogP contribution in [-0.4, -0.2) is 0 Å². The fourth-order valence-electron chi connectivity index (χ4n) is 11.9. The zero-order chi connectivity index (χ0) is 54.2. The van der Waals surface area contributed by atoms with Crippen LogP contribution in [0.25, 0.3) is 66.8 Å². The molecule has 0 aromatic heterocycles. The molecule has 0 aliphatic carbocycles. The third-order valence-corrected chi connectivity index (χ3v) is 16.1. The van der Waals surface area contributed by atoms with Gasteiger partial charge in [0.25, 0.3) is 0 Å². The third kappa shape index (κ3) is 11.1. The summed E-state index contributed by atoms with van der Waals surface area (Å²) in [5, 5.41) is 0. The van der Waals surface area contributed by atoms with Crippen LogP contribution in [-0.2, 0) is 0 Å². The number of rotatable bonds is 15. The maximum Gasteiger partial charge on any atom is 0.0340 e. The first-order chi connectivity index (χ1) is 40.1. The Bertz CT molecular complexity index is 3400. The summed E-state index contributed by atoms with van der Waals surface area (Å²) >= 11 is 0. The van der Waals surface area contributed by atoms with Crippen molar-refractivity contribution in [2.45, 2.75) is 17.8 Å². The summed E-state index contributed by atoms with van der Waals surface area (Å²) in [6.07, 6.45) is 0. The molecule has 0 aliphatic rings. The zero-order valence-electron chi connectivity index (χ0n) is 45.1. The number of benzene rings is 13. The lowest BCUT2D eigenvalue weighted by Gasteiger charge is -2.28. The molecule has 0 spiro atoms. The minimum Gasteiger partial charge on any atom is -0.0622 e. The van der Waals surface area contributed by atoms with Gasteiger partial charge in [-0.1, -0.05) is 346 Å². The number of hydrogen-bond acceptors (Lipinski definition) is 0. The molecule has 0 aliphatic heterocycles. The van der Waals surface area contributed by atoms with Gasteiger partial charge in [-0.2, -0.15) is 0 Å². The lowest BCUT2D eigenvalue weighted by atomic mass is 9.76. The largest absolute Gasteiger partial charge is 0.0622 e. The Morgan fingerprint density at radius 3 is 0.370 bits per heavy atom. The summed E-state index contributed by atoms with van der Waals surface area (Å²) in [6.45, 7) is 0. The van der Waals surface area contributed by atoms with Crippen LogP contribution >= 0.6 is 0 Å².